The number of hydrogen-bond acceptors (Lipinski definition) is 6. The molecule has 0 saturated heterocycles. The number of nitrogens with zero attached hydrogens (tertiary/aromatic N) is 2. The van der Waals surface area contributed by atoms with Gasteiger partial charge >= 0.3 is 5.82 Å². The van der Waals surface area contributed by atoms with Gasteiger partial charge < -0.3 is 10.1 Å². The van der Waals surface area contributed by atoms with E-state index in [0.29, 0.717) is 6.07 Å². The van der Waals surface area contributed by atoms with Crippen LogP contribution in [0.2, 0.25) is 0 Å². The Kier molecular flexibility index (Phi) is 3.24. The summed E-state index contributed by atoms with van der Waals surface area (Å²) in [4.78, 5) is 23.4. The number of aromatic nitrogens is 1. The Morgan fingerprint density at radius 3 is 2.44 bits per heavy atom. The van der Waals surface area contributed by atoms with Gasteiger partial charge in [0, 0.05) is 23.7 Å². The maximum atomic E-state index is 11.0. The van der Waals surface area contributed by atoms with Crippen molar-refractivity contribution in [3.63, 3.8) is 0 Å². The second-order valence-corrected chi connectivity index (χ2v) is 5.36. The van der Waals surface area contributed by atoms with E-state index < -0.39 is 30.5 Å². The molecule has 0 saturated carbocycles. The van der Waals surface area contributed by atoms with Gasteiger partial charge in [0.2, 0.25) is 11.5 Å². The second-order valence-electron chi connectivity index (χ2n) is 2.80. The molecule has 1 aromatic heterocycles. The SMILES string of the molecule is CC(=O)c1cc(S(=O)(=O)Cl)cc([N+](=O)[O-])n1. The monoisotopic (exact) mass is 264 g/mol. The minimum atomic E-state index is -4.14. The number of carbonyl (C=O) groups is 1. The highest BCUT2D eigenvalue weighted by Crippen LogP contribution is 2.20. The molecule has 0 aliphatic carbocycles. The number of hydrogen-bond donors (Lipinski definition) is 0. The third-order valence-corrected chi connectivity index (χ3v) is 2.95. The zero-order chi connectivity index (χ0) is 12.5. The molecule has 0 amide bonds. The van der Waals surface area contributed by atoms with Crippen molar-refractivity contribution in [3.8, 4) is 0 Å². The maximum Gasteiger partial charge on any atom is 0.365 e. The van der Waals surface area contributed by atoms with Crippen molar-refractivity contribution < 1.29 is 18.1 Å². The van der Waals surface area contributed by atoms with Crippen molar-refractivity contribution in [2.45, 2.75) is 11.8 Å². The fourth-order valence-corrected chi connectivity index (χ4v) is 1.67. The molecule has 0 atom stereocenters. The number of Topliss-reactive ketones (excluding diaryl/α,β-unsaturated/α-hetero) is 1. The summed E-state index contributed by atoms with van der Waals surface area (Å²) in [6.07, 6.45) is 0. The first-order valence-electron chi connectivity index (χ1n) is 3.84. The largest absolute Gasteiger partial charge is 0.365 e. The van der Waals surface area contributed by atoms with Gasteiger partial charge in [0.25, 0.3) is 9.05 Å². The normalized spacial score (nSPS) is 11.1. The minimum Gasteiger partial charge on any atom is -0.358 e. The molecule has 0 aromatic carbocycles. The molecular formula is C7H5ClN2O5S. The van der Waals surface area contributed by atoms with Crippen LogP contribution in [-0.4, -0.2) is 24.1 Å². The summed E-state index contributed by atoms with van der Waals surface area (Å²) in [6.45, 7) is 1.11. The van der Waals surface area contributed by atoms with Crippen LogP contribution in [0.25, 0.3) is 0 Å². The first-order chi connectivity index (χ1) is 7.21. The van der Waals surface area contributed by atoms with Gasteiger partial charge in [-0.3, -0.25) is 4.79 Å². The Bertz CT molecular complexity index is 536. The van der Waals surface area contributed by atoms with Gasteiger partial charge in [-0.05, 0) is 9.91 Å². The van der Waals surface area contributed by atoms with Crippen LogP contribution in [-0.2, 0) is 9.05 Å². The summed E-state index contributed by atoms with van der Waals surface area (Å²) in [5.41, 5.74) is -0.326. The van der Waals surface area contributed by atoms with Crippen molar-refractivity contribution in [3.05, 3.63) is 27.9 Å². The Labute approximate surface area is 94.6 Å². The fraction of sp³-hybridized carbons (Fsp3) is 0.143. The van der Waals surface area contributed by atoms with Crippen LogP contribution in [0.4, 0.5) is 5.82 Å². The minimum absolute atomic E-state index is 0.326. The zero-order valence-corrected chi connectivity index (χ0v) is 9.45. The zero-order valence-electron chi connectivity index (χ0n) is 7.88. The van der Waals surface area contributed by atoms with Crippen LogP contribution >= 0.6 is 10.7 Å². The molecule has 1 rings (SSSR count). The smallest absolute Gasteiger partial charge is 0.358 e. The van der Waals surface area contributed by atoms with Gasteiger partial charge in [-0.2, -0.15) is 0 Å². The maximum absolute atomic E-state index is 11.0. The second kappa shape index (κ2) is 4.14. The van der Waals surface area contributed by atoms with E-state index in [9.17, 15) is 23.3 Å². The molecule has 0 radical (unpaired) electrons. The Morgan fingerprint density at radius 2 is 2.06 bits per heavy atom. The van der Waals surface area contributed by atoms with Crippen molar-refractivity contribution in [1.29, 1.82) is 0 Å². The molecule has 1 heterocycles. The third kappa shape index (κ3) is 2.74. The highest BCUT2D eigenvalue weighted by Gasteiger charge is 2.21. The third-order valence-electron chi connectivity index (χ3n) is 1.61. The molecule has 7 nitrogen and oxygen atoms in total. The van der Waals surface area contributed by atoms with Gasteiger partial charge in [-0.15, -0.1) is 0 Å². The van der Waals surface area contributed by atoms with Gasteiger partial charge in [0.1, 0.15) is 0 Å². The van der Waals surface area contributed by atoms with Crippen molar-refractivity contribution in [2.24, 2.45) is 0 Å². The average Bonchev–Trinajstić information content (AvgIpc) is 2.15. The molecule has 0 N–H and O–H groups in total. The predicted octanol–water partition coefficient (Wildman–Crippen LogP) is 1.12. The molecule has 1 aromatic rings. The highest BCUT2D eigenvalue weighted by molar-refractivity contribution is 8.13. The summed E-state index contributed by atoms with van der Waals surface area (Å²) in [5.74, 6) is -1.34. The number of nitro groups is 1. The van der Waals surface area contributed by atoms with E-state index in [0.717, 1.165) is 13.0 Å². The van der Waals surface area contributed by atoms with E-state index >= 15 is 0 Å². The first-order valence-corrected chi connectivity index (χ1v) is 6.15. The number of ketones is 1. The first kappa shape index (κ1) is 12.5. The van der Waals surface area contributed by atoms with E-state index in [-0.39, 0.29) is 5.69 Å². The highest BCUT2D eigenvalue weighted by atomic mass is 35.7. The molecular weight excluding hydrogens is 260 g/mol. The van der Waals surface area contributed by atoms with Crippen LogP contribution in [0.3, 0.4) is 0 Å². The molecule has 86 valence electrons. The summed E-state index contributed by atoms with van der Waals surface area (Å²) in [5, 5.41) is 10.4. The number of carbonyl (C=O) groups excluding carboxylic acids is 1. The quantitative estimate of drug-likeness (QED) is 0.350. The van der Waals surface area contributed by atoms with Gasteiger partial charge in [-0.25, -0.2) is 8.42 Å². The van der Waals surface area contributed by atoms with Crippen molar-refractivity contribution in [1.82, 2.24) is 4.98 Å². The van der Waals surface area contributed by atoms with Crippen molar-refractivity contribution >= 4 is 31.3 Å². The molecule has 0 aliphatic rings. The lowest BCUT2D eigenvalue weighted by molar-refractivity contribution is -0.389. The predicted molar refractivity (Wildman–Crippen MR) is 53.9 cm³/mol. The lowest BCUT2D eigenvalue weighted by Gasteiger charge is -1.97. The lowest BCUT2D eigenvalue weighted by atomic mass is 10.3. The fourth-order valence-electron chi connectivity index (χ4n) is 0.906. The van der Waals surface area contributed by atoms with E-state index in [1.807, 2.05) is 0 Å². The average molecular weight is 265 g/mol. The summed E-state index contributed by atoms with van der Waals surface area (Å²) in [7, 11) is 0.883. The molecule has 0 fully saturated rings. The van der Waals surface area contributed by atoms with Crippen molar-refractivity contribution in [2.75, 3.05) is 0 Å². The molecule has 9 heteroatoms. The molecule has 0 bridgehead atoms. The van der Waals surface area contributed by atoms with Crippen LogP contribution in [0.15, 0.2) is 17.0 Å². The molecule has 0 unspecified atom stereocenters. The van der Waals surface area contributed by atoms with Crippen LogP contribution < -0.4 is 0 Å². The van der Waals surface area contributed by atoms with E-state index in [1.54, 1.807) is 0 Å². The standard InChI is InChI=1S/C7H5ClN2O5S/c1-4(11)6-2-5(16(8,14)15)3-7(9-6)10(12)13/h2-3H,1H3. The topological polar surface area (TPSA) is 107 Å². The number of pyridine rings is 1. The summed E-state index contributed by atoms with van der Waals surface area (Å²) < 4.78 is 22.0. The van der Waals surface area contributed by atoms with Gasteiger partial charge in [0.05, 0.1) is 11.0 Å². The summed E-state index contributed by atoms with van der Waals surface area (Å²) in [6, 6.07) is 1.58. The molecule has 16 heavy (non-hydrogen) atoms. The van der Waals surface area contributed by atoms with Gasteiger partial charge in [-0.1, -0.05) is 0 Å². The summed E-state index contributed by atoms with van der Waals surface area (Å²) >= 11 is 0. The Morgan fingerprint density at radius 1 is 1.50 bits per heavy atom. The van der Waals surface area contributed by atoms with Crippen LogP contribution in [0, 0.1) is 10.1 Å². The number of rotatable bonds is 3. The molecule has 0 spiro atoms. The Balaban J connectivity index is 3.54. The van der Waals surface area contributed by atoms with E-state index in [2.05, 4.69) is 4.98 Å². The van der Waals surface area contributed by atoms with Gasteiger partial charge in [0.15, 0.2) is 0 Å². The lowest BCUT2D eigenvalue weighted by Crippen LogP contribution is -2.04. The van der Waals surface area contributed by atoms with Crippen LogP contribution in [0.1, 0.15) is 17.4 Å². The molecule has 0 aliphatic heterocycles. The van der Waals surface area contributed by atoms with E-state index in [4.69, 9.17) is 10.7 Å². The van der Waals surface area contributed by atoms with Crippen LogP contribution in [0.5, 0.6) is 0 Å². The van der Waals surface area contributed by atoms with E-state index in [1.165, 1.54) is 0 Å². The number of halogens is 1. The Hall–Kier alpha value is -1.54.